The average molecular weight is 236 g/mol. The number of hydrogen-bond donors (Lipinski definition) is 1. The van der Waals surface area contributed by atoms with E-state index >= 15 is 0 Å². The Kier molecular flexibility index (Phi) is 3.53. The molecule has 1 nitrogen and oxygen atoms in total. The molecule has 1 saturated carbocycles. The van der Waals surface area contributed by atoms with E-state index in [0.717, 1.165) is 24.8 Å². The predicted octanol–water partition coefficient (Wildman–Crippen LogP) is 4.14. The van der Waals surface area contributed by atoms with Crippen LogP contribution in [0.5, 0.6) is 0 Å². The highest BCUT2D eigenvalue weighted by atomic mass is 19.1. The first-order chi connectivity index (χ1) is 8.09. The van der Waals surface area contributed by atoms with Gasteiger partial charge in [0.2, 0.25) is 0 Å². The molecule has 0 saturated heterocycles. The Morgan fingerprint density at radius 3 is 2.53 bits per heavy atom. The molecule has 1 aliphatic carbocycles. The third-order valence-electron chi connectivity index (χ3n) is 4.38. The van der Waals surface area contributed by atoms with E-state index < -0.39 is 6.10 Å². The molecule has 0 amide bonds. The maximum absolute atomic E-state index is 13.2. The van der Waals surface area contributed by atoms with Crippen LogP contribution in [0, 0.1) is 18.2 Å². The van der Waals surface area contributed by atoms with Crippen molar-refractivity contribution in [2.75, 3.05) is 0 Å². The van der Waals surface area contributed by atoms with Crippen molar-refractivity contribution in [3.8, 4) is 0 Å². The van der Waals surface area contributed by atoms with Gasteiger partial charge in [-0.2, -0.15) is 0 Å². The molecule has 0 aromatic heterocycles. The lowest BCUT2D eigenvalue weighted by molar-refractivity contribution is 0.0237. The molecule has 0 radical (unpaired) electrons. The Labute approximate surface area is 103 Å². The minimum atomic E-state index is -0.450. The van der Waals surface area contributed by atoms with Gasteiger partial charge in [-0.25, -0.2) is 4.39 Å². The third-order valence-corrected chi connectivity index (χ3v) is 4.38. The highest BCUT2D eigenvalue weighted by Crippen LogP contribution is 2.50. The maximum atomic E-state index is 13.2. The van der Waals surface area contributed by atoms with Crippen LogP contribution in [0.2, 0.25) is 0 Å². The summed E-state index contributed by atoms with van der Waals surface area (Å²) in [4.78, 5) is 0. The summed E-state index contributed by atoms with van der Waals surface area (Å²) in [6.45, 7) is 3.89. The average Bonchev–Trinajstić information content (AvgIpc) is 2.81. The fraction of sp³-hybridized carbons (Fsp3) is 0.600. The van der Waals surface area contributed by atoms with Crippen molar-refractivity contribution in [2.45, 2.75) is 52.1 Å². The van der Waals surface area contributed by atoms with Crippen LogP contribution in [0.4, 0.5) is 4.39 Å². The summed E-state index contributed by atoms with van der Waals surface area (Å²) < 4.78 is 13.2. The lowest BCUT2D eigenvalue weighted by Crippen LogP contribution is -2.25. The molecular formula is C15H21FO. The fourth-order valence-corrected chi connectivity index (χ4v) is 3.09. The van der Waals surface area contributed by atoms with Gasteiger partial charge in [-0.1, -0.05) is 31.9 Å². The first-order valence-corrected chi connectivity index (χ1v) is 6.53. The maximum Gasteiger partial charge on any atom is 0.126 e. The van der Waals surface area contributed by atoms with Crippen molar-refractivity contribution in [3.05, 3.63) is 35.1 Å². The molecule has 2 rings (SSSR count). The van der Waals surface area contributed by atoms with Crippen LogP contribution in [0.3, 0.4) is 0 Å². The Bertz CT molecular complexity index is 394. The quantitative estimate of drug-likeness (QED) is 0.836. The van der Waals surface area contributed by atoms with Crippen LogP contribution in [-0.2, 0) is 0 Å². The van der Waals surface area contributed by atoms with Crippen molar-refractivity contribution in [1.29, 1.82) is 0 Å². The third kappa shape index (κ3) is 2.23. The van der Waals surface area contributed by atoms with Gasteiger partial charge in [0.15, 0.2) is 0 Å². The van der Waals surface area contributed by atoms with E-state index in [9.17, 15) is 9.50 Å². The van der Waals surface area contributed by atoms with Gasteiger partial charge in [0.25, 0.3) is 0 Å². The number of aliphatic hydroxyl groups is 1. The number of aryl methyl sites for hydroxylation is 1. The van der Waals surface area contributed by atoms with Gasteiger partial charge in [-0.15, -0.1) is 0 Å². The number of halogens is 1. The first kappa shape index (κ1) is 12.6. The Morgan fingerprint density at radius 2 is 2.00 bits per heavy atom. The monoisotopic (exact) mass is 236 g/mol. The summed E-state index contributed by atoms with van der Waals surface area (Å²) in [5.41, 5.74) is 1.50. The van der Waals surface area contributed by atoms with Crippen LogP contribution in [0.1, 0.15) is 56.3 Å². The summed E-state index contributed by atoms with van der Waals surface area (Å²) >= 11 is 0. The number of rotatable bonds is 3. The normalized spacial score (nSPS) is 20.5. The molecule has 2 heteroatoms. The van der Waals surface area contributed by atoms with Crippen LogP contribution in [0.15, 0.2) is 18.2 Å². The molecule has 1 aromatic carbocycles. The molecule has 1 N–H and O–H groups in total. The summed E-state index contributed by atoms with van der Waals surface area (Å²) in [5, 5.41) is 10.6. The first-order valence-electron chi connectivity index (χ1n) is 6.53. The van der Waals surface area contributed by atoms with Crippen LogP contribution >= 0.6 is 0 Å². The van der Waals surface area contributed by atoms with E-state index in [4.69, 9.17) is 0 Å². The van der Waals surface area contributed by atoms with Crippen molar-refractivity contribution in [1.82, 2.24) is 0 Å². The second-order valence-electron chi connectivity index (χ2n) is 5.33. The van der Waals surface area contributed by atoms with Gasteiger partial charge in [-0.05, 0) is 43.4 Å². The SMILES string of the molecule is CCC1(C(O)c2ccc(F)c(C)c2)CCCC1. The van der Waals surface area contributed by atoms with E-state index in [1.165, 1.54) is 18.9 Å². The van der Waals surface area contributed by atoms with Gasteiger partial charge in [0, 0.05) is 5.41 Å². The summed E-state index contributed by atoms with van der Waals surface area (Å²) in [7, 11) is 0. The molecule has 0 heterocycles. The van der Waals surface area contributed by atoms with Gasteiger partial charge in [0.1, 0.15) is 5.82 Å². The summed E-state index contributed by atoms with van der Waals surface area (Å²) in [6.07, 6.45) is 5.11. The lowest BCUT2D eigenvalue weighted by Gasteiger charge is -2.33. The van der Waals surface area contributed by atoms with Gasteiger partial charge < -0.3 is 5.11 Å². The molecule has 0 spiro atoms. The molecular weight excluding hydrogens is 215 g/mol. The number of benzene rings is 1. The second-order valence-corrected chi connectivity index (χ2v) is 5.33. The molecule has 17 heavy (non-hydrogen) atoms. The van der Waals surface area contributed by atoms with Crippen molar-refractivity contribution >= 4 is 0 Å². The molecule has 1 aliphatic rings. The predicted molar refractivity (Wildman–Crippen MR) is 67.3 cm³/mol. The van der Waals surface area contributed by atoms with Gasteiger partial charge >= 0.3 is 0 Å². The number of hydrogen-bond acceptors (Lipinski definition) is 1. The number of aliphatic hydroxyl groups excluding tert-OH is 1. The molecule has 0 aliphatic heterocycles. The van der Waals surface area contributed by atoms with Gasteiger partial charge in [-0.3, -0.25) is 0 Å². The fourth-order valence-electron chi connectivity index (χ4n) is 3.09. The lowest BCUT2D eigenvalue weighted by atomic mass is 9.75. The Balaban J connectivity index is 2.29. The standard InChI is InChI=1S/C15H21FO/c1-3-15(8-4-5-9-15)14(17)12-6-7-13(16)11(2)10-12/h6-7,10,14,17H,3-5,8-9H2,1-2H3. The summed E-state index contributed by atoms with van der Waals surface area (Å²) in [5.74, 6) is -0.196. The van der Waals surface area contributed by atoms with Crippen LogP contribution < -0.4 is 0 Å². The van der Waals surface area contributed by atoms with Crippen molar-refractivity contribution < 1.29 is 9.50 Å². The summed E-state index contributed by atoms with van der Waals surface area (Å²) in [6, 6.07) is 4.98. The van der Waals surface area contributed by atoms with E-state index in [0.29, 0.717) is 5.56 Å². The highest BCUT2D eigenvalue weighted by Gasteiger charge is 2.39. The molecule has 1 aromatic rings. The second kappa shape index (κ2) is 4.77. The minimum Gasteiger partial charge on any atom is -0.388 e. The van der Waals surface area contributed by atoms with Crippen LogP contribution in [0.25, 0.3) is 0 Å². The zero-order valence-electron chi connectivity index (χ0n) is 10.7. The largest absolute Gasteiger partial charge is 0.388 e. The van der Waals surface area contributed by atoms with E-state index in [2.05, 4.69) is 6.92 Å². The molecule has 0 bridgehead atoms. The van der Waals surface area contributed by atoms with E-state index in [1.807, 2.05) is 0 Å². The van der Waals surface area contributed by atoms with Crippen molar-refractivity contribution in [3.63, 3.8) is 0 Å². The molecule has 1 fully saturated rings. The van der Waals surface area contributed by atoms with E-state index in [1.54, 1.807) is 19.1 Å². The highest BCUT2D eigenvalue weighted by molar-refractivity contribution is 5.27. The van der Waals surface area contributed by atoms with Crippen molar-refractivity contribution in [2.24, 2.45) is 5.41 Å². The topological polar surface area (TPSA) is 20.2 Å². The molecule has 1 unspecified atom stereocenters. The Morgan fingerprint density at radius 1 is 1.35 bits per heavy atom. The van der Waals surface area contributed by atoms with E-state index in [-0.39, 0.29) is 11.2 Å². The van der Waals surface area contributed by atoms with Crippen LogP contribution in [-0.4, -0.2) is 5.11 Å². The zero-order valence-corrected chi connectivity index (χ0v) is 10.7. The van der Waals surface area contributed by atoms with Gasteiger partial charge in [0.05, 0.1) is 6.10 Å². The minimum absolute atomic E-state index is 0.0181. The Hall–Kier alpha value is -0.890. The smallest absolute Gasteiger partial charge is 0.126 e. The molecule has 1 atom stereocenters. The molecule has 94 valence electrons. The zero-order chi connectivity index (χ0) is 12.5.